The fourth-order valence-electron chi connectivity index (χ4n) is 1.56. The Bertz CT molecular complexity index is 440. The summed E-state index contributed by atoms with van der Waals surface area (Å²) in [6.45, 7) is 7.01. The van der Waals surface area contributed by atoms with Gasteiger partial charge in [0.15, 0.2) is 0 Å². The van der Waals surface area contributed by atoms with E-state index in [1.54, 1.807) is 33.0 Å². The maximum absolute atomic E-state index is 11.9. The summed E-state index contributed by atoms with van der Waals surface area (Å²) in [4.78, 5) is 22.9. The van der Waals surface area contributed by atoms with Crippen molar-refractivity contribution in [1.29, 1.82) is 0 Å². The molecule has 0 fully saturated rings. The van der Waals surface area contributed by atoms with Crippen LogP contribution < -0.4 is 5.32 Å². The van der Waals surface area contributed by atoms with Crippen LogP contribution >= 0.6 is 0 Å². The summed E-state index contributed by atoms with van der Waals surface area (Å²) in [6.07, 6.45) is 1.70. The second-order valence-electron chi connectivity index (χ2n) is 4.68. The third-order valence-electron chi connectivity index (χ3n) is 2.75. The summed E-state index contributed by atoms with van der Waals surface area (Å²) in [5.41, 5.74) is 0.813. The molecule has 0 radical (unpaired) electrons. The number of carbonyl (C=O) groups excluding carboxylic acids is 1. The molecule has 2 N–H and O–H groups in total. The first-order valence-electron chi connectivity index (χ1n) is 5.88. The highest BCUT2D eigenvalue weighted by Gasteiger charge is 2.26. The summed E-state index contributed by atoms with van der Waals surface area (Å²) in [6, 6.07) is 0.386. The maximum atomic E-state index is 11.9. The van der Waals surface area contributed by atoms with Gasteiger partial charge in [-0.25, -0.2) is 4.79 Å². The zero-order valence-corrected chi connectivity index (χ0v) is 11.0. The minimum atomic E-state index is -1.03. The van der Waals surface area contributed by atoms with Crippen LogP contribution in [0.4, 0.5) is 0 Å². The molecule has 1 heterocycles. The zero-order valence-electron chi connectivity index (χ0n) is 11.0. The highest BCUT2D eigenvalue weighted by Crippen LogP contribution is 2.08. The molecule has 0 saturated heterocycles. The molecule has 0 aliphatic heterocycles. The molecule has 0 aliphatic rings. The van der Waals surface area contributed by atoms with E-state index in [0.29, 0.717) is 0 Å². The predicted octanol–water partition coefficient (Wildman–Crippen LogP) is 0.978. The van der Waals surface area contributed by atoms with E-state index in [-0.39, 0.29) is 11.8 Å². The molecule has 2 unspecified atom stereocenters. The lowest BCUT2D eigenvalue weighted by atomic mass is 10.0. The Kier molecular flexibility index (Phi) is 4.47. The van der Waals surface area contributed by atoms with Gasteiger partial charge in [-0.3, -0.25) is 9.48 Å². The second kappa shape index (κ2) is 5.66. The van der Waals surface area contributed by atoms with Crippen molar-refractivity contribution in [2.24, 2.45) is 5.92 Å². The van der Waals surface area contributed by atoms with Crippen molar-refractivity contribution in [1.82, 2.24) is 15.1 Å². The van der Waals surface area contributed by atoms with Crippen molar-refractivity contribution in [2.75, 3.05) is 0 Å². The number of amides is 1. The Morgan fingerprint density at radius 1 is 1.39 bits per heavy atom. The highest BCUT2D eigenvalue weighted by molar-refractivity contribution is 5.85. The van der Waals surface area contributed by atoms with Crippen LogP contribution in [0.3, 0.4) is 0 Å². The number of carboxylic acid groups (broad SMARTS) is 1. The fraction of sp³-hybridized carbons (Fsp3) is 0.583. The monoisotopic (exact) mass is 253 g/mol. The molecule has 0 bridgehead atoms. The van der Waals surface area contributed by atoms with Crippen molar-refractivity contribution < 1.29 is 14.7 Å². The molecule has 6 heteroatoms. The van der Waals surface area contributed by atoms with Gasteiger partial charge in [0, 0.05) is 6.20 Å². The van der Waals surface area contributed by atoms with E-state index in [2.05, 4.69) is 10.4 Å². The van der Waals surface area contributed by atoms with Gasteiger partial charge < -0.3 is 10.4 Å². The molecule has 2 atom stereocenters. The third-order valence-corrected chi connectivity index (χ3v) is 2.75. The number of hydrogen-bond donors (Lipinski definition) is 2. The van der Waals surface area contributed by atoms with Gasteiger partial charge in [-0.05, 0) is 25.8 Å². The van der Waals surface area contributed by atoms with E-state index in [1.807, 2.05) is 6.92 Å². The van der Waals surface area contributed by atoms with Crippen LogP contribution in [-0.2, 0) is 9.59 Å². The van der Waals surface area contributed by atoms with E-state index < -0.39 is 18.1 Å². The number of hydrogen-bond acceptors (Lipinski definition) is 3. The smallest absolute Gasteiger partial charge is 0.326 e. The zero-order chi connectivity index (χ0) is 13.9. The lowest BCUT2D eigenvalue weighted by molar-refractivity contribution is -0.143. The molecule has 0 aliphatic carbocycles. The van der Waals surface area contributed by atoms with Crippen molar-refractivity contribution in [3.63, 3.8) is 0 Å². The Hall–Kier alpha value is -1.85. The lowest BCUT2D eigenvalue weighted by Crippen LogP contribution is -2.46. The molecular weight excluding hydrogens is 234 g/mol. The standard InChI is InChI=1S/C12H19N3O3/c1-7(2)10(12(17)18)13-11(16)9(4)15-6-5-8(3)14-15/h5-7,9-10H,1-4H3,(H,13,16)(H,17,18). The topological polar surface area (TPSA) is 84.2 Å². The fourth-order valence-corrected chi connectivity index (χ4v) is 1.56. The van der Waals surface area contributed by atoms with Gasteiger partial charge in [-0.1, -0.05) is 13.8 Å². The van der Waals surface area contributed by atoms with Crippen LogP contribution in [0, 0.1) is 12.8 Å². The number of nitrogens with one attached hydrogen (secondary N) is 1. The molecule has 1 aromatic heterocycles. The van der Waals surface area contributed by atoms with E-state index >= 15 is 0 Å². The van der Waals surface area contributed by atoms with E-state index in [4.69, 9.17) is 5.11 Å². The van der Waals surface area contributed by atoms with Gasteiger partial charge in [0.05, 0.1) is 5.69 Å². The first-order valence-corrected chi connectivity index (χ1v) is 5.88. The number of carbonyl (C=O) groups is 2. The minimum absolute atomic E-state index is 0.169. The van der Waals surface area contributed by atoms with Crippen LogP contribution in [-0.4, -0.2) is 32.8 Å². The van der Waals surface area contributed by atoms with E-state index in [9.17, 15) is 9.59 Å². The van der Waals surface area contributed by atoms with Crippen LogP contribution in [0.15, 0.2) is 12.3 Å². The van der Waals surface area contributed by atoms with Gasteiger partial charge in [-0.2, -0.15) is 5.10 Å². The molecule has 18 heavy (non-hydrogen) atoms. The van der Waals surface area contributed by atoms with Crippen LogP contribution in [0.25, 0.3) is 0 Å². The van der Waals surface area contributed by atoms with Gasteiger partial charge in [0.1, 0.15) is 12.1 Å². The molecule has 1 amide bonds. The molecule has 100 valence electrons. The van der Waals surface area contributed by atoms with Gasteiger partial charge in [-0.15, -0.1) is 0 Å². The number of aromatic nitrogens is 2. The van der Waals surface area contributed by atoms with Crippen LogP contribution in [0.5, 0.6) is 0 Å². The van der Waals surface area contributed by atoms with Crippen molar-refractivity contribution >= 4 is 11.9 Å². The van der Waals surface area contributed by atoms with Crippen LogP contribution in [0.1, 0.15) is 32.5 Å². The molecule has 6 nitrogen and oxygen atoms in total. The molecule has 0 saturated carbocycles. The van der Waals surface area contributed by atoms with Gasteiger partial charge in [0.25, 0.3) is 0 Å². The molecule has 1 aromatic rings. The summed E-state index contributed by atoms with van der Waals surface area (Å²) >= 11 is 0. The highest BCUT2D eigenvalue weighted by atomic mass is 16.4. The van der Waals surface area contributed by atoms with Crippen molar-refractivity contribution in [2.45, 2.75) is 39.8 Å². The number of rotatable bonds is 5. The summed E-state index contributed by atoms with van der Waals surface area (Å²) < 4.78 is 1.52. The van der Waals surface area contributed by atoms with E-state index in [1.165, 1.54) is 4.68 Å². The minimum Gasteiger partial charge on any atom is -0.480 e. The molecule has 1 rings (SSSR count). The van der Waals surface area contributed by atoms with Gasteiger partial charge >= 0.3 is 5.97 Å². The molecular formula is C12H19N3O3. The Labute approximate surface area is 106 Å². The second-order valence-corrected chi connectivity index (χ2v) is 4.68. The van der Waals surface area contributed by atoms with Crippen molar-refractivity contribution in [3.8, 4) is 0 Å². The normalized spacial score (nSPS) is 14.3. The Balaban J connectivity index is 2.73. The largest absolute Gasteiger partial charge is 0.480 e. The third kappa shape index (κ3) is 3.32. The maximum Gasteiger partial charge on any atom is 0.326 e. The number of nitrogens with zero attached hydrogens (tertiary/aromatic N) is 2. The summed E-state index contributed by atoms with van der Waals surface area (Å²) in [7, 11) is 0. The average molecular weight is 253 g/mol. The van der Waals surface area contributed by atoms with Gasteiger partial charge in [0.2, 0.25) is 5.91 Å². The van der Waals surface area contributed by atoms with Crippen molar-refractivity contribution in [3.05, 3.63) is 18.0 Å². The first kappa shape index (κ1) is 14.2. The molecule has 0 aromatic carbocycles. The number of aryl methyl sites for hydroxylation is 1. The quantitative estimate of drug-likeness (QED) is 0.819. The first-order chi connectivity index (χ1) is 8.32. The summed E-state index contributed by atoms with van der Waals surface area (Å²) in [5, 5.41) is 15.7. The Morgan fingerprint density at radius 2 is 2.00 bits per heavy atom. The SMILES string of the molecule is Cc1ccn(C(C)C(=O)NC(C(=O)O)C(C)C)n1. The number of aliphatic carboxylic acids is 1. The average Bonchev–Trinajstić information content (AvgIpc) is 2.70. The molecule has 0 spiro atoms. The number of carboxylic acids is 1. The Morgan fingerprint density at radius 3 is 2.39 bits per heavy atom. The lowest BCUT2D eigenvalue weighted by Gasteiger charge is -2.20. The van der Waals surface area contributed by atoms with E-state index in [0.717, 1.165) is 5.69 Å². The predicted molar refractivity (Wildman–Crippen MR) is 66.1 cm³/mol. The summed E-state index contributed by atoms with van der Waals surface area (Å²) in [5.74, 6) is -1.54. The van der Waals surface area contributed by atoms with Crippen LogP contribution in [0.2, 0.25) is 0 Å².